The van der Waals surface area contributed by atoms with Gasteiger partial charge in [0.15, 0.2) is 0 Å². The van der Waals surface area contributed by atoms with Crippen molar-refractivity contribution >= 4 is 17.7 Å². The van der Waals surface area contributed by atoms with E-state index in [9.17, 15) is 4.79 Å². The Kier molecular flexibility index (Phi) is 8.43. The summed E-state index contributed by atoms with van der Waals surface area (Å²) in [5, 5.41) is 3.17. The Balaban J connectivity index is 2.23. The molecule has 0 fully saturated rings. The molecule has 0 aliphatic carbocycles. The van der Waals surface area contributed by atoms with Gasteiger partial charge < -0.3 is 5.32 Å². The number of nitrogens with one attached hydrogen (secondary N) is 1. The number of thioether (sulfide) groups is 1. The van der Waals surface area contributed by atoms with Crippen LogP contribution in [0.5, 0.6) is 0 Å². The predicted molar refractivity (Wildman–Crippen MR) is 89.2 cm³/mol. The number of unbranched alkanes of at least 4 members (excludes halogenated alkanes) is 1. The lowest BCUT2D eigenvalue weighted by Gasteiger charge is -2.17. The van der Waals surface area contributed by atoms with Crippen molar-refractivity contribution in [3.8, 4) is 0 Å². The lowest BCUT2D eigenvalue weighted by Crippen LogP contribution is -2.38. The van der Waals surface area contributed by atoms with Crippen LogP contribution >= 0.6 is 11.8 Å². The van der Waals surface area contributed by atoms with Crippen LogP contribution in [0.15, 0.2) is 30.3 Å². The Labute approximate surface area is 127 Å². The topological polar surface area (TPSA) is 29.1 Å². The molecule has 0 aliphatic rings. The van der Waals surface area contributed by atoms with Crippen molar-refractivity contribution in [1.29, 1.82) is 0 Å². The molecule has 1 N–H and O–H groups in total. The summed E-state index contributed by atoms with van der Waals surface area (Å²) in [6, 6.07) is 10.7. The highest BCUT2D eigenvalue weighted by Crippen LogP contribution is 2.13. The minimum atomic E-state index is 0.0562. The quantitative estimate of drug-likeness (QED) is 0.696. The maximum absolute atomic E-state index is 12.0. The fourth-order valence-electron chi connectivity index (χ4n) is 1.94. The monoisotopic (exact) mass is 293 g/mol. The fraction of sp³-hybridized carbons (Fsp3) is 0.588. The number of rotatable bonds is 9. The maximum atomic E-state index is 12.0. The van der Waals surface area contributed by atoms with E-state index in [0.717, 1.165) is 18.6 Å². The van der Waals surface area contributed by atoms with Gasteiger partial charge in [0, 0.05) is 6.04 Å². The van der Waals surface area contributed by atoms with Gasteiger partial charge in [-0.15, -0.1) is 11.8 Å². The summed E-state index contributed by atoms with van der Waals surface area (Å²) in [5.41, 5.74) is 1.33. The Bertz CT molecular complexity index is 380. The zero-order valence-corrected chi connectivity index (χ0v) is 13.7. The third-order valence-electron chi connectivity index (χ3n) is 3.33. The van der Waals surface area contributed by atoms with Gasteiger partial charge in [0.05, 0.1) is 5.25 Å². The number of benzene rings is 1. The number of aryl methyl sites for hydroxylation is 1. The number of hydrogen-bond acceptors (Lipinski definition) is 2. The van der Waals surface area contributed by atoms with E-state index in [0.29, 0.717) is 0 Å². The molecule has 2 unspecified atom stereocenters. The van der Waals surface area contributed by atoms with Crippen molar-refractivity contribution in [2.45, 2.75) is 57.7 Å². The molecule has 3 heteroatoms. The molecule has 20 heavy (non-hydrogen) atoms. The molecule has 2 nitrogen and oxygen atoms in total. The number of amides is 1. The molecular formula is C17H27NOS. The van der Waals surface area contributed by atoms with Crippen molar-refractivity contribution in [3.05, 3.63) is 35.9 Å². The summed E-state index contributed by atoms with van der Waals surface area (Å²) < 4.78 is 0. The van der Waals surface area contributed by atoms with Crippen LogP contribution in [0.3, 0.4) is 0 Å². The molecule has 112 valence electrons. The van der Waals surface area contributed by atoms with Crippen LogP contribution in [0.4, 0.5) is 0 Å². The van der Waals surface area contributed by atoms with Crippen molar-refractivity contribution in [2.75, 3.05) is 5.75 Å². The molecule has 0 radical (unpaired) electrons. The van der Waals surface area contributed by atoms with Crippen LogP contribution in [0.1, 0.15) is 45.6 Å². The van der Waals surface area contributed by atoms with Crippen LogP contribution < -0.4 is 5.32 Å². The van der Waals surface area contributed by atoms with E-state index >= 15 is 0 Å². The van der Waals surface area contributed by atoms with Crippen molar-refractivity contribution in [1.82, 2.24) is 5.32 Å². The lowest BCUT2D eigenvalue weighted by molar-refractivity contribution is -0.120. The molecule has 0 aliphatic heterocycles. The first-order valence-corrected chi connectivity index (χ1v) is 8.64. The Morgan fingerprint density at radius 2 is 1.95 bits per heavy atom. The predicted octanol–water partition coefficient (Wildman–Crippen LogP) is 4.05. The minimum Gasteiger partial charge on any atom is -0.353 e. The maximum Gasteiger partial charge on any atom is 0.233 e. The Morgan fingerprint density at radius 3 is 2.60 bits per heavy atom. The van der Waals surface area contributed by atoms with Gasteiger partial charge in [0.1, 0.15) is 0 Å². The molecule has 1 aromatic carbocycles. The second kappa shape index (κ2) is 9.87. The standard InChI is InChI=1S/C17H27NOS/c1-4-5-13-20-15(3)17(19)18-14(2)11-12-16-9-7-6-8-10-16/h6-10,14-15H,4-5,11-13H2,1-3H3,(H,18,19). The molecule has 1 amide bonds. The van der Waals surface area contributed by atoms with Crippen molar-refractivity contribution < 1.29 is 4.79 Å². The average Bonchev–Trinajstić information content (AvgIpc) is 2.46. The van der Waals surface area contributed by atoms with Crippen LogP contribution in [0.2, 0.25) is 0 Å². The van der Waals surface area contributed by atoms with Gasteiger partial charge in [-0.3, -0.25) is 4.79 Å². The molecule has 0 saturated carbocycles. The second-order valence-corrected chi connectivity index (χ2v) is 6.75. The molecule has 2 atom stereocenters. The Morgan fingerprint density at radius 1 is 1.25 bits per heavy atom. The normalized spacial score (nSPS) is 13.8. The van der Waals surface area contributed by atoms with Gasteiger partial charge >= 0.3 is 0 Å². The summed E-state index contributed by atoms with van der Waals surface area (Å²) >= 11 is 1.75. The van der Waals surface area contributed by atoms with Crippen LogP contribution in [0.25, 0.3) is 0 Å². The third-order valence-corrected chi connectivity index (χ3v) is 4.57. The summed E-state index contributed by atoms with van der Waals surface area (Å²) in [5.74, 6) is 1.25. The first-order valence-electron chi connectivity index (χ1n) is 7.59. The average molecular weight is 293 g/mol. The molecule has 0 bridgehead atoms. The molecule has 0 aromatic heterocycles. The molecular weight excluding hydrogens is 266 g/mol. The largest absolute Gasteiger partial charge is 0.353 e. The fourth-order valence-corrected chi connectivity index (χ4v) is 2.97. The number of carbonyl (C=O) groups is 1. The van der Waals surface area contributed by atoms with E-state index in [1.54, 1.807) is 11.8 Å². The van der Waals surface area contributed by atoms with Gasteiger partial charge in [-0.25, -0.2) is 0 Å². The van der Waals surface area contributed by atoms with E-state index in [4.69, 9.17) is 0 Å². The van der Waals surface area contributed by atoms with Gasteiger partial charge in [0.25, 0.3) is 0 Å². The number of carbonyl (C=O) groups excluding carboxylic acids is 1. The molecule has 0 saturated heterocycles. The third kappa shape index (κ3) is 6.99. The van der Waals surface area contributed by atoms with E-state index in [1.165, 1.54) is 18.4 Å². The van der Waals surface area contributed by atoms with Gasteiger partial charge in [-0.05, 0) is 44.4 Å². The van der Waals surface area contributed by atoms with E-state index in [-0.39, 0.29) is 17.2 Å². The Hall–Kier alpha value is -0.960. The molecule has 0 heterocycles. The highest BCUT2D eigenvalue weighted by molar-refractivity contribution is 8.00. The zero-order chi connectivity index (χ0) is 14.8. The summed E-state index contributed by atoms with van der Waals surface area (Å²) in [4.78, 5) is 12.0. The zero-order valence-electron chi connectivity index (χ0n) is 12.9. The summed E-state index contributed by atoms with van der Waals surface area (Å²) in [6.45, 7) is 6.26. The van der Waals surface area contributed by atoms with Crippen molar-refractivity contribution in [3.63, 3.8) is 0 Å². The first kappa shape index (κ1) is 17.1. The highest BCUT2D eigenvalue weighted by Gasteiger charge is 2.15. The second-order valence-electron chi connectivity index (χ2n) is 5.30. The highest BCUT2D eigenvalue weighted by atomic mass is 32.2. The van der Waals surface area contributed by atoms with Crippen molar-refractivity contribution in [2.24, 2.45) is 0 Å². The molecule has 0 spiro atoms. The van der Waals surface area contributed by atoms with Gasteiger partial charge in [-0.2, -0.15) is 0 Å². The minimum absolute atomic E-state index is 0.0562. The van der Waals surface area contributed by atoms with Gasteiger partial charge in [0.2, 0.25) is 5.91 Å². The van der Waals surface area contributed by atoms with E-state index in [1.807, 2.05) is 13.0 Å². The lowest BCUT2D eigenvalue weighted by atomic mass is 10.1. The summed E-state index contributed by atoms with van der Waals surface area (Å²) in [7, 11) is 0. The van der Waals surface area contributed by atoms with Crippen LogP contribution in [-0.4, -0.2) is 23.0 Å². The number of hydrogen-bond donors (Lipinski definition) is 1. The van der Waals surface area contributed by atoms with Crippen LogP contribution in [-0.2, 0) is 11.2 Å². The van der Waals surface area contributed by atoms with E-state index in [2.05, 4.69) is 43.4 Å². The summed E-state index contributed by atoms with van der Waals surface area (Å²) in [6.07, 6.45) is 4.38. The van der Waals surface area contributed by atoms with E-state index < -0.39 is 0 Å². The van der Waals surface area contributed by atoms with Gasteiger partial charge in [-0.1, -0.05) is 43.7 Å². The van der Waals surface area contributed by atoms with Crippen LogP contribution in [0, 0.1) is 0 Å². The molecule has 1 aromatic rings. The smallest absolute Gasteiger partial charge is 0.233 e. The SMILES string of the molecule is CCCCSC(C)C(=O)NC(C)CCc1ccccc1. The molecule has 1 rings (SSSR count). The first-order chi connectivity index (χ1) is 9.63.